The second-order valence-corrected chi connectivity index (χ2v) is 6.32. The maximum Gasteiger partial charge on any atom is 0.0595 e. The summed E-state index contributed by atoms with van der Waals surface area (Å²) in [6.45, 7) is 0. The average molecular weight is 361 g/mol. The molecule has 3 aromatic rings. The molecule has 0 bridgehead atoms. The van der Waals surface area contributed by atoms with Crippen LogP contribution >= 0.6 is 27.5 Å². The molecule has 3 aromatic carbocycles. The van der Waals surface area contributed by atoms with Crippen LogP contribution in [0.25, 0.3) is 10.8 Å². The summed E-state index contributed by atoms with van der Waals surface area (Å²) >= 11 is 9.80. The van der Waals surface area contributed by atoms with E-state index in [0.29, 0.717) is 5.02 Å². The van der Waals surface area contributed by atoms with Crippen molar-refractivity contribution < 1.29 is 0 Å². The lowest BCUT2D eigenvalue weighted by Gasteiger charge is -2.16. The standard InChI is InChI=1S/C18H15BrClN/c19-16-10-4-9-15(18(16)20)17(21)11-13-7-3-6-12-5-1-2-8-14(12)13/h1-10,17H,11,21H2. The summed E-state index contributed by atoms with van der Waals surface area (Å²) in [5.74, 6) is 0. The van der Waals surface area contributed by atoms with E-state index in [1.54, 1.807) is 0 Å². The normalized spacial score (nSPS) is 12.5. The molecule has 0 amide bonds. The van der Waals surface area contributed by atoms with Gasteiger partial charge >= 0.3 is 0 Å². The molecular formula is C18H15BrClN. The van der Waals surface area contributed by atoms with Crippen molar-refractivity contribution in [1.82, 2.24) is 0 Å². The van der Waals surface area contributed by atoms with Crippen molar-refractivity contribution in [3.8, 4) is 0 Å². The number of nitrogens with two attached hydrogens (primary N) is 1. The molecule has 3 rings (SSSR count). The number of fused-ring (bicyclic) bond motifs is 1. The van der Waals surface area contributed by atoms with Crippen LogP contribution in [-0.2, 0) is 6.42 Å². The predicted octanol–water partition coefficient (Wildman–Crippen LogP) is 5.50. The first-order chi connectivity index (χ1) is 10.2. The van der Waals surface area contributed by atoms with Gasteiger partial charge in [0.15, 0.2) is 0 Å². The fourth-order valence-corrected chi connectivity index (χ4v) is 3.27. The van der Waals surface area contributed by atoms with Crippen LogP contribution in [0.3, 0.4) is 0 Å². The van der Waals surface area contributed by atoms with Crippen molar-refractivity contribution in [3.63, 3.8) is 0 Å². The molecule has 0 aliphatic carbocycles. The number of rotatable bonds is 3. The van der Waals surface area contributed by atoms with Crippen molar-refractivity contribution >= 4 is 38.3 Å². The average Bonchev–Trinajstić information content (AvgIpc) is 2.50. The van der Waals surface area contributed by atoms with Gasteiger partial charge in [0.05, 0.1) is 5.02 Å². The van der Waals surface area contributed by atoms with Crippen LogP contribution in [0.5, 0.6) is 0 Å². The van der Waals surface area contributed by atoms with Gasteiger partial charge in [-0.2, -0.15) is 0 Å². The van der Waals surface area contributed by atoms with Crippen LogP contribution in [0.1, 0.15) is 17.2 Å². The van der Waals surface area contributed by atoms with Crippen molar-refractivity contribution in [3.05, 3.63) is 81.3 Å². The Morgan fingerprint density at radius 2 is 1.67 bits per heavy atom. The molecule has 0 fully saturated rings. The van der Waals surface area contributed by atoms with E-state index in [4.69, 9.17) is 17.3 Å². The zero-order chi connectivity index (χ0) is 14.8. The predicted molar refractivity (Wildman–Crippen MR) is 93.7 cm³/mol. The molecule has 0 spiro atoms. The van der Waals surface area contributed by atoms with Gasteiger partial charge < -0.3 is 5.73 Å². The van der Waals surface area contributed by atoms with E-state index >= 15 is 0 Å². The molecule has 0 saturated heterocycles. The summed E-state index contributed by atoms with van der Waals surface area (Å²) in [6.07, 6.45) is 0.761. The summed E-state index contributed by atoms with van der Waals surface area (Å²) in [6, 6.07) is 20.5. The van der Waals surface area contributed by atoms with E-state index in [2.05, 4.69) is 58.4 Å². The molecule has 0 radical (unpaired) electrons. The van der Waals surface area contributed by atoms with Gasteiger partial charge in [0.1, 0.15) is 0 Å². The van der Waals surface area contributed by atoms with E-state index in [-0.39, 0.29) is 6.04 Å². The quantitative estimate of drug-likeness (QED) is 0.656. The molecule has 1 atom stereocenters. The number of hydrogen-bond donors (Lipinski definition) is 1. The van der Waals surface area contributed by atoms with Gasteiger partial charge in [-0.1, -0.05) is 66.2 Å². The van der Waals surface area contributed by atoms with Crippen LogP contribution in [-0.4, -0.2) is 0 Å². The summed E-state index contributed by atoms with van der Waals surface area (Å²) in [4.78, 5) is 0. The van der Waals surface area contributed by atoms with E-state index in [9.17, 15) is 0 Å². The van der Waals surface area contributed by atoms with Crippen LogP contribution in [0.4, 0.5) is 0 Å². The second kappa shape index (κ2) is 6.18. The largest absolute Gasteiger partial charge is 0.324 e. The van der Waals surface area contributed by atoms with Gasteiger partial charge in [0.25, 0.3) is 0 Å². The highest BCUT2D eigenvalue weighted by molar-refractivity contribution is 9.10. The Bertz CT molecular complexity index is 780. The molecule has 0 aromatic heterocycles. The van der Waals surface area contributed by atoms with Crippen LogP contribution in [0.15, 0.2) is 65.1 Å². The Morgan fingerprint density at radius 1 is 0.952 bits per heavy atom. The topological polar surface area (TPSA) is 26.0 Å². The monoisotopic (exact) mass is 359 g/mol. The lowest BCUT2D eigenvalue weighted by molar-refractivity contribution is 0.725. The Morgan fingerprint density at radius 3 is 2.52 bits per heavy atom. The second-order valence-electron chi connectivity index (χ2n) is 5.09. The van der Waals surface area contributed by atoms with Gasteiger partial charge in [0, 0.05) is 10.5 Å². The highest BCUT2D eigenvalue weighted by Crippen LogP contribution is 2.31. The maximum absolute atomic E-state index is 6.38. The summed E-state index contributed by atoms with van der Waals surface area (Å²) < 4.78 is 0.884. The third-order valence-corrected chi connectivity index (χ3v) is 5.01. The molecular weight excluding hydrogens is 346 g/mol. The van der Waals surface area contributed by atoms with Crippen LogP contribution < -0.4 is 5.73 Å². The SMILES string of the molecule is NC(Cc1cccc2ccccc12)c1cccc(Br)c1Cl. The van der Waals surface area contributed by atoms with E-state index < -0.39 is 0 Å². The molecule has 0 aliphatic rings. The van der Waals surface area contributed by atoms with Crippen LogP contribution in [0, 0.1) is 0 Å². The fraction of sp³-hybridized carbons (Fsp3) is 0.111. The van der Waals surface area contributed by atoms with E-state index in [0.717, 1.165) is 16.5 Å². The van der Waals surface area contributed by atoms with E-state index in [1.165, 1.54) is 16.3 Å². The Hall–Kier alpha value is -1.35. The highest BCUT2D eigenvalue weighted by atomic mass is 79.9. The Labute approximate surface area is 137 Å². The zero-order valence-corrected chi connectivity index (χ0v) is 13.7. The first-order valence-electron chi connectivity index (χ1n) is 6.83. The molecule has 3 heteroatoms. The minimum Gasteiger partial charge on any atom is -0.324 e. The van der Waals surface area contributed by atoms with Crippen molar-refractivity contribution in [2.75, 3.05) is 0 Å². The number of hydrogen-bond acceptors (Lipinski definition) is 1. The minimum absolute atomic E-state index is 0.124. The van der Waals surface area contributed by atoms with Gasteiger partial charge in [0.2, 0.25) is 0 Å². The molecule has 106 valence electrons. The summed E-state index contributed by atoms with van der Waals surface area (Å²) in [7, 11) is 0. The van der Waals surface area contributed by atoms with Crippen molar-refractivity contribution in [2.24, 2.45) is 5.73 Å². The fourth-order valence-electron chi connectivity index (χ4n) is 2.62. The third kappa shape index (κ3) is 2.98. The maximum atomic E-state index is 6.38. The first-order valence-corrected chi connectivity index (χ1v) is 8.00. The molecule has 1 unspecified atom stereocenters. The lowest BCUT2D eigenvalue weighted by atomic mass is 9.95. The molecule has 21 heavy (non-hydrogen) atoms. The van der Waals surface area contributed by atoms with Crippen LogP contribution in [0.2, 0.25) is 5.02 Å². The van der Waals surface area contributed by atoms with Gasteiger partial charge in [-0.15, -0.1) is 0 Å². The van der Waals surface area contributed by atoms with Gasteiger partial charge in [-0.3, -0.25) is 0 Å². The lowest BCUT2D eigenvalue weighted by Crippen LogP contribution is -2.14. The number of halogens is 2. The zero-order valence-electron chi connectivity index (χ0n) is 11.4. The highest BCUT2D eigenvalue weighted by Gasteiger charge is 2.14. The summed E-state index contributed by atoms with van der Waals surface area (Å²) in [5.41, 5.74) is 8.60. The summed E-state index contributed by atoms with van der Waals surface area (Å²) in [5, 5.41) is 3.19. The van der Waals surface area contributed by atoms with Crippen molar-refractivity contribution in [1.29, 1.82) is 0 Å². The smallest absolute Gasteiger partial charge is 0.0595 e. The molecule has 2 N–H and O–H groups in total. The Balaban J connectivity index is 1.97. The minimum atomic E-state index is -0.124. The molecule has 1 nitrogen and oxygen atoms in total. The van der Waals surface area contributed by atoms with Gasteiger partial charge in [-0.05, 0) is 50.3 Å². The van der Waals surface area contributed by atoms with E-state index in [1.807, 2.05) is 18.2 Å². The number of benzene rings is 3. The van der Waals surface area contributed by atoms with Gasteiger partial charge in [-0.25, -0.2) is 0 Å². The molecule has 0 heterocycles. The first kappa shape index (κ1) is 14.6. The molecule has 0 saturated carbocycles. The Kier molecular flexibility index (Phi) is 4.29. The van der Waals surface area contributed by atoms with Crippen molar-refractivity contribution in [2.45, 2.75) is 12.5 Å². The molecule has 0 aliphatic heterocycles. The third-order valence-electron chi connectivity index (χ3n) is 3.70.